The van der Waals surface area contributed by atoms with E-state index in [0.29, 0.717) is 11.8 Å². The zero-order valence-corrected chi connectivity index (χ0v) is 11.3. The molecular weight excluding hydrogens is 262 g/mol. The van der Waals surface area contributed by atoms with Crippen LogP contribution in [0.4, 0.5) is 0 Å². The van der Waals surface area contributed by atoms with Crippen molar-refractivity contribution in [2.24, 2.45) is 17.8 Å². The molecule has 1 aromatic carbocycles. The smallest absolute Gasteiger partial charge is 0.240 e. The number of hydrogen-bond donors (Lipinski definition) is 1. The second-order valence-corrected chi connectivity index (χ2v) is 7.22. The fourth-order valence-electron chi connectivity index (χ4n) is 3.55. The number of hydrogen-bond acceptors (Lipinski definition) is 3. The summed E-state index contributed by atoms with van der Waals surface area (Å²) in [5.41, 5.74) is 0. The highest BCUT2D eigenvalue weighted by atomic mass is 32.2. The Morgan fingerprint density at radius 1 is 1.11 bits per heavy atom. The van der Waals surface area contributed by atoms with Gasteiger partial charge in [-0.05, 0) is 43.2 Å². The maximum Gasteiger partial charge on any atom is 0.240 e. The van der Waals surface area contributed by atoms with Crippen molar-refractivity contribution in [3.05, 3.63) is 30.3 Å². The van der Waals surface area contributed by atoms with Crippen LogP contribution >= 0.6 is 0 Å². The summed E-state index contributed by atoms with van der Waals surface area (Å²) in [5, 5.41) is 0. The van der Waals surface area contributed by atoms with Crippen LogP contribution in [-0.2, 0) is 14.8 Å². The van der Waals surface area contributed by atoms with Gasteiger partial charge in [0, 0.05) is 12.0 Å². The molecule has 2 aliphatic carbocycles. The van der Waals surface area contributed by atoms with Gasteiger partial charge in [-0.15, -0.1) is 0 Å². The third kappa shape index (κ3) is 2.21. The average molecular weight is 279 g/mol. The van der Waals surface area contributed by atoms with Crippen LogP contribution in [0.25, 0.3) is 0 Å². The van der Waals surface area contributed by atoms with Gasteiger partial charge in [-0.1, -0.05) is 18.2 Å². The normalized spacial score (nSPS) is 33.5. The van der Waals surface area contributed by atoms with Gasteiger partial charge >= 0.3 is 0 Å². The number of rotatable bonds is 4. The number of benzene rings is 1. The van der Waals surface area contributed by atoms with Crippen LogP contribution in [0.3, 0.4) is 0 Å². The lowest BCUT2D eigenvalue weighted by Gasteiger charge is -2.27. The van der Waals surface area contributed by atoms with Crippen LogP contribution in [-0.4, -0.2) is 20.7 Å². The minimum Gasteiger partial charge on any atom is -0.303 e. The molecule has 2 aliphatic rings. The van der Waals surface area contributed by atoms with Gasteiger partial charge in [0.05, 0.1) is 4.90 Å². The van der Waals surface area contributed by atoms with Crippen LogP contribution in [0, 0.1) is 17.8 Å². The third-order valence-corrected chi connectivity index (χ3v) is 5.96. The highest BCUT2D eigenvalue weighted by Crippen LogP contribution is 2.48. The van der Waals surface area contributed by atoms with E-state index in [9.17, 15) is 13.2 Å². The second kappa shape index (κ2) is 4.72. The molecule has 0 aliphatic heterocycles. The fraction of sp³-hybridized carbons (Fsp3) is 0.500. The Hall–Kier alpha value is -1.20. The van der Waals surface area contributed by atoms with Crippen molar-refractivity contribution >= 4 is 16.3 Å². The van der Waals surface area contributed by atoms with Gasteiger partial charge in [-0.2, -0.15) is 0 Å². The van der Waals surface area contributed by atoms with Crippen molar-refractivity contribution in [3.8, 4) is 0 Å². The highest BCUT2D eigenvalue weighted by Gasteiger charge is 2.48. The number of sulfonamides is 1. The number of nitrogens with one attached hydrogen (secondary N) is 1. The lowest BCUT2D eigenvalue weighted by Crippen LogP contribution is -2.44. The summed E-state index contributed by atoms with van der Waals surface area (Å²) in [4.78, 5) is 11.5. The summed E-state index contributed by atoms with van der Waals surface area (Å²) >= 11 is 0. The van der Waals surface area contributed by atoms with Crippen LogP contribution in [0.15, 0.2) is 35.2 Å². The van der Waals surface area contributed by atoms with Gasteiger partial charge in [-0.25, -0.2) is 13.1 Å². The standard InChI is InChI=1S/C14H17NO3S/c16-9-13-10-6-7-11(8-10)14(13)15-19(17,18)12-4-2-1-3-5-12/h1-5,9-11,13-15H,6-8H2/t10?,11-,13?,14?/m0/s1. The fourth-order valence-corrected chi connectivity index (χ4v) is 4.91. The average Bonchev–Trinajstić information content (AvgIpc) is 3.00. The van der Waals surface area contributed by atoms with Crippen LogP contribution in [0.2, 0.25) is 0 Å². The lowest BCUT2D eigenvalue weighted by molar-refractivity contribution is -0.112. The predicted octanol–water partition coefficient (Wildman–Crippen LogP) is 1.58. The zero-order chi connectivity index (χ0) is 13.5. The van der Waals surface area contributed by atoms with Crippen LogP contribution in [0.1, 0.15) is 19.3 Å². The number of carbonyl (C=O) groups excluding carboxylic acids is 1. The molecule has 2 saturated carbocycles. The molecule has 2 fully saturated rings. The van der Waals surface area contributed by atoms with E-state index in [1.165, 1.54) is 0 Å². The minimum absolute atomic E-state index is 0.155. The van der Waals surface area contributed by atoms with Gasteiger partial charge < -0.3 is 4.79 Å². The Bertz CT molecular complexity index is 570. The molecule has 19 heavy (non-hydrogen) atoms. The van der Waals surface area contributed by atoms with Crippen molar-refractivity contribution in [1.29, 1.82) is 0 Å². The monoisotopic (exact) mass is 279 g/mol. The quantitative estimate of drug-likeness (QED) is 0.851. The Balaban J connectivity index is 1.83. The Kier molecular flexibility index (Phi) is 3.19. The number of aldehydes is 1. The highest BCUT2D eigenvalue weighted by molar-refractivity contribution is 7.89. The molecule has 0 spiro atoms. The number of fused-ring (bicyclic) bond motifs is 2. The van der Waals surface area contributed by atoms with E-state index >= 15 is 0 Å². The summed E-state index contributed by atoms with van der Waals surface area (Å²) in [6, 6.07) is 8.11. The van der Waals surface area contributed by atoms with Crippen molar-refractivity contribution < 1.29 is 13.2 Å². The molecule has 3 unspecified atom stereocenters. The van der Waals surface area contributed by atoms with E-state index in [2.05, 4.69) is 4.72 Å². The van der Waals surface area contributed by atoms with Gasteiger partial charge in [0.1, 0.15) is 6.29 Å². The van der Waals surface area contributed by atoms with E-state index in [-0.39, 0.29) is 16.9 Å². The Morgan fingerprint density at radius 2 is 1.79 bits per heavy atom. The van der Waals surface area contributed by atoms with E-state index < -0.39 is 10.0 Å². The zero-order valence-electron chi connectivity index (χ0n) is 10.5. The molecule has 102 valence electrons. The number of carbonyl (C=O) groups is 1. The Morgan fingerprint density at radius 3 is 2.47 bits per heavy atom. The van der Waals surface area contributed by atoms with Crippen molar-refractivity contribution in [2.45, 2.75) is 30.2 Å². The summed E-state index contributed by atoms with van der Waals surface area (Å²) in [6.07, 6.45) is 3.99. The first-order chi connectivity index (χ1) is 9.12. The summed E-state index contributed by atoms with van der Waals surface area (Å²) in [5.74, 6) is 0.530. The first kappa shape index (κ1) is 12.8. The summed E-state index contributed by atoms with van der Waals surface area (Å²) in [7, 11) is -3.52. The van der Waals surface area contributed by atoms with Crippen molar-refractivity contribution in [3.63, 3.8) is 0 Å². The molecule has 4 atom stereocenters. The van der Waals surface area contributed by atoms with Gasteiger partial charge in [0.2, 0.25) is 10.0 Å². The third-order valence-electron chi connectivity index (χ3n) is 4.48. The van der Waals surface area contributed by atoms with E-state index in [1.54, 1.807) is 30.3 Å². The molecule has 0 radical (unpaired) electrons. The van der Waals surface area contributed by atoms with Crippen molar-refractivity contribution in [1.82, 2.24) is 4.72 Å². The molecule has 0 amide bonds. The van der Waals surface area contributed by atoms with Gasteiger partial charge in [0.25, 0.3) is 0 Å². The van der Waals surface area contributed by atoms with Gasteiger partial charge in [0.15, 0.2) is 0 Å². The molecule has 3 rings (SSSR count). The molecule has 1 N–H and O–H groups in total. The van der Waals surface area contributed by atoms with Gasteiger partial charge in [-0.3, -0.25) is 0 Å². The maximum absolute atomic E-state index is 12.3. The molecule has 2 bridgehead atoms. The molecule has 4 nitrogen and oxygen atoms in total. The molecule has 0 aromatic heterocycles. The second-order valence-electron chi connectivity index (χ2n) is 5.51. The van der Waals surface area contributed by atoms with E-state index in [4.69, 9.17) is 0 Å². The van der Waals surface area contributed by atoms with Crippen molar-refractivity contribution in [2.75, 3.05) is 0 Å². The largest absolute Gasteiger partial charge is 0.303 e. The SMILES string of the molecule is O=CC1C2CC[C@@H](C2)C1NS(=O)(=O)c1ccccc1. The van der Waals surface area contributed by atoms with Crippen LogP contribution in [0.5, 0.6) is 0 Å². The van der Waals surface area contributed by atoms with Crippen LogP contribution < -0.4 is 4.72 Å². The topological polar surface area (TPSA) is 63.2 Å². The van der Waals surface area contributed by atoms with E-state index in [1.807, 2.05) is 0 Å². The molecule has 5 heteroatoms. The van der Waals surface area contributed by atoms with E-state index in [0.717, 1.165) is 25.5 Å². The maximum atomic E-state index is 12.3. The first-order valence-electron chi connectivity index (χ1n) is 6.64. The molecule has 1 aromatic rings. The molecule has 0 saturated heterocycles. The first-order valence-corrected chi connectivity index (χ1v) is 8.13. The summed E-state index contributed by atoms with van der Waals surface area (Å²) in [6.45, 7) is 0. The minimum atomic E-state index is -3.52. The predicted molar refractivity (Wildman–Crippen MR) is 70.9 cm³/mol. The lowest BCUT2D eigenvalue weighted by atomic mass is 9.86. The summed E-state index contributed by atoms with van der Waals surface area (Å²) < 4.78 is 27.3. The molecule has 0 heterocycles. The molecular formula is C14H17NO3S. The Labute approximate surface area is 113 Å².